The van der Waals surface area contributed by atoms with Crippen molar-refractivity contribution in [3.05, 3.63) is 96.6 Å². The Morgan fingerprint density at radius 2 is 1.53 bits per heavy atom. The van der Waals surface area contributed by atoms with Crippen LogP contribution < -0.4 is 10.0 Å². The van der Waals surface area contributed by atoms with Crippen LogP contribution in [0.3, 0.4) is 0 Å². The van der Waals surface area contributed by atoms with Crippen molar-refractivity contribution in [2.24, 2.45) is 0 Å². The van der Waals surface area contributed by atoms with E-state index in [4.69, 9.17) is 4.98 Å². The lowest BCUT2D eigenvalue weighted by Gasteiger charge is -2.13. The molecule has 0 bridgehead atoms. The molecule has 2 N–H and O–H groups in total. The fraction of sp³-hybridized carbons (Fsp3) is 0.0714. The van der Waals surface area contributed by atoms with Crippen LogP contribution in [-0.2, 0) is 19.6 Å². The van der Waals surface area contributed by atoms with Gasteiger partial charge in [0.1, 0.15) is 11.1 Å². The molecule has 190 valence electrons. The van der Waals surface area contributed by atoms with Crippen LogP contribution >= 0.6 is 11.8 Å². The molecule has 0 aliphatic heterocycles. The second-order valence-corrected chi connectivity index (χ2v) is 10.7. The summed E-state index contributed by atoms with van der Waals surface area (Å²) in [6, 6.07) is 28.7. The first-order valence-corrected chi connectivity index (χ1v) is 13.9. The normalized spacial score (nSPS) is 10.8. The quantitative estimate of drug-likeness (QED) is 0.305. The molecule has 10 heteroatoms. The summed E-state index contributed by atoms with van der Waals surface area (Å²) in [6.45, 7) is 1.11. The molecule has 0 fully saturated rings. The summed E-state index contributed by atoms with van der Waals surface area (Å²) in [6.07, 6.45) is 0. The van der Waals surface area contributed by atoms with Crippen molar-refractivity contribution in [2.75, 3.05) is 11.1 Å². The van der Waals surface area contributed by atoms with Crippen molar-refractivity contribution in [2.45, 2.75) is 16.8 Å². The number of aromatic nitrogens is 1. The Bertz CT molecular complexity index is 1620. The molecule has 0 aliphatic rings. The molecule has 0 spiro atoms. The Morgan fingerprint density at radius 3 is 2.11 bits per heavy atom. The largest absolute Gasteiger partial charge is 0.325 e. The summed E-state index contributed by atoms with van der Waals surface area (Å²) >= 11 is 1.14. The van der Waals surface area contributed by atoms with Crippen LogP contribution in [0.15, 0.2) is 101 Å². The molecule has 0 saturated heterocycles. The van der Waals surface area contributed by atoms with Gasteiger partial charge in [0.15, 0.2) is 0 Å². The van der Waals surface area contributed by atoms with E-state index < -0.39 is 15.9 Å². The van der Waals surface area contributed by atoms with Crippen molar-refractivity contribution in [3.8, 4) is 28.5 Å². The number of rotatable bonds is 8. The van der Waals surface area contributed by atoms with Crippen LogP contribution in [-0.4, -0.2) is 31.0 Å². The predicted molar refractivity (Wildman–Crippen MR) is 147 cm³/mol. The van der Waals surface area contributed by atoms with Gasteiger partial charge in [-0.1, -0.05) is 72.4 Å². The van der Waals surface area contributed by atoms with Crippen LogP contribution in [0.5, 0.6) is 0 Å². The second kappa shape index (κ2) is 11.7. The highest BCUT2D eigenvalue weighted by Crippen LogP contribution is 2.34. The van der Waals surface area contributed by atoms with E-state index in [-0.39, 0.29) is 16.6 Å². The number of hydrogen-bond acceptors (Lipinski definition) is 7. The third-order valence-corrected chi connectivity index (χ3v) is 7.74. The molecule has 38 heavy (non-hydrogen) atoms. The summed E-state index contributed by atoms with van der Waals surface area (Å²) in [5.41, 5.74) is 3.91. The fourth-order valence-electron chi connectivity index (χ4n) is 3.63. The maximum Gasteiger partial charge on any atom is 0.264 e. The summed E-state index contributed by atoms with van der Waals surface area (Å²) < 4.78 is 26.1. The predicted octanol–water partition coefficient (Wildman–Crippen LogP) is 4.84. The van der Waals surface area contributed by atoms with Gasteiger partial charge in [0, 0.05) is 23.7 Å². The van der Waals surface area contributed by atoms with E-state index in [1.165, 1.54) is 24.3 Å². The van der Waals surface area contributed by atoms with E-state index in [0.29, 0.717) is 22.0 Å². The first-order chi connectivity index (χ1) is 18.3. The molecule has 0 atom stereocenters. The van der Waals surface area contributed by atoms with Gasteiger partial charge < -0.3 is 5.32 Å². The van der Waals surface area contributed by atoms with Crippen LogP contribution in [0.25, 0.3) is 22.4 Å². The number of sulfonamides is 1. The zero-order valence-corrected chi connectivity index (χ0v) is 21.8. The van der Waals surface area contributed by atoms with Gasteiger partial charge in [-0.2, -0.15) is 5.26 Å². The molecular formula is C28H22N4O4S2. The molecule has 0 unspecified atom stereocenters. The fourth-order valence-corrected chi connectivity index (χ4v) is 5.43. The molecule has 0 aliphatic carbocycles. The lowest BCUT2D eigenvalue weighted by Crippen LogP contribution is -2.28. The average molecular weight is 543 g/mol. The van der Waals surface area contributed by atoms with E-state index in [9.17, 15) is 23.3 Å². The number of pyridine rings is 1. The Kier molecular flexibility index (Phi) is 8.21. The third kappa shape index (κ3) is 6.45. The van der Waals surface area contributed by atoms with Gasteiger partial charge in [-0.05, 0) is 35.9 Å². The van der Waals surface area contributed by atoms with Gasteiger partial charge in [-0.25, -0.2) is 18.1 Å². The molecule has 0 radical (unpaired) electrons. The lowest BCUT2D eigenvalue weighted by atomic mass is 9.99. The zero-order chi connectivity index (χ0) is 27.1. The number of benzene rings is 3. The topological polar surface area (TPSA) is 129 Å². The summed E-state index contributed by atoms with van der Waals surface area (Å²) in [4.78, 5) is 28.4. The number of carbonyl (C=O) groups excluding carboxylic acids is 2. The highest BCUT2D eigenvalue weighted by molar-refractivity contribution is 8.00. The summed E-state index contributed by atoms with van der Waals surface area (Å²) in [7, 11) is -3.97. The van der Waals surface area contributed by atoms with Crippen LogP contribution in [0, 0.1) is 11.3 Å². The molecular weight excluding hydrogens is 520 g/mol. The van der Waals surface area contributed by atoms with E-state index in [0.717, 1.165) is 35.4 Å². The molecule has 0 saturated carbocycles. The van der Waals surface area contributed by atoms with Crippen LogP contribution in [0.1, 0.15) is 12.5 Å². The Hall–Kier alpha value is -4.46. The Labute approximate surface area is 224 Å². The van der Waals surface area contributed by atoms with E-state index in [1.807, 2.05) is 71.5 Å². The first-order valence-electron chi connectivity index (χ1n) is 11.4. The molecule has 1 heterocycles. The summed E-state index contributed by atoms with van der Waals surface area (Å²) in [5, 5.41) is 13.1. The smallest absolute Gasteiger partial charge is 0.264 e. The van der Waals surface area contributed by atoms with E-state index >= 15 is 0 Å². The minimum atomic E-state index is -3.97. The molecule has 4 rings (SSSR count). The van der Waals surface area contributed by atoms with Gasteiger partial charge >= 0.3 is 0 Å². The molecule has 2 amide bonds. The number of anilines is 1. The highest BCUT2D eigenvalue weighted by atomic mass is 32.2. The standard InChI is InChI=1S/C28H22N4O4S2/c1-19(33)32-38(35,36)23-14-12-22(13-15-23)30-27(34)18-37-28-25(17-29)24(20-8-4-2-5-9-20)16-26(31-28)21-10-6-3-7-11-21/h2-16H,18H2,1H3,(H,30,34)(H,32,33). The van der Waals surface area contributed by atoms with Crippen molar-refractivity contribution >= 4 is 39.3 Å². The van der Waals surface area contributed by atoms with Crippen molar-refractivity contribution in [3.63, 3.8) is 0 Å². The van der Waals surface area contributed by atoms with E-state index in [1.54, 1.807) is 0 Å². The minimum absolute atomic E-state index is 0.0277. The number of carbonyl (C=O) groups is 2. The van der Waals surface area contributed by atoms with Gasteiger partial charge in [0.2, 0.25) is 11.8 Å². The Morgan fingerprint density at radius 1 is 0.921 bits per heavy atom. The van der Waals surface area contributed by atoms with E-state index in [2.05, 4.69) is 11.4 Å². The number of thioether (sulfide) groups is 1. The molecule has 3 aromatic carbocycles. The monoisotopic (exact) mass is 542 g/mol. The van der Waals surface area contributed by atoms with Gasteiger partial charge in [0.25, 0.3) is 10.0 Å². The second-order valence-electron chi connectivity index (χ2n) is 8.10. The van der Waals surface area contributed by atoms with Gasteiger partial charge in [-0.15, -0.1) is 0 Å². The number of nitriles is 1. The molecule has 4 aromatic rings. The molecule has 1 aromatic heterocycles. The van der Waals surface area contributed by atoms with Crippen molar-refractivity contribution < 1.29 is 18.0 Å². The number of nitrogens with one attached hydrogen (secondary N) is 2. The van der Waals surface area contributed by atoms with Crippen molar-refractivity contribution in [1.29, 1.82) is 5.26 Å². The maximum absolute atomic E-state index is 12.7. The average Bonchev–Trinajstić information content (AvgIpc) is 2.92. The number of amides is 2. The third-order valence-electron chi connectivity index (χ3n) is 5.32. The lowest BCUT2D eigenvalue weighted by molar-refractivity contribution is -0.117. The zero-order valence-electron chi connectivity index (χ0n) is 20.2. The maximum atomic E-state index is 12.7. The highest BCUT2D eigenvalue weighted by Gasteiger charge is 2.18. The minimum Gasteiger partial charge on any atom is -0.325 e. The first kappa shape index (κ1) is 26.6. The van der Waals surface area contributed by atoms with Gasteiger partial charge in [-0.3, -0.25) is 9.59 Å². The SMILES string of the molecule is CC(=O)NS(=O)(=O)c1ccc(NC(=O)CSc2nc(-c3ccccc3)cc(-c3ccccc3)c2C#N)cc1. The van der Waals surface area contributed by atoms with Crippen LogP contribution in [0.4, 0.5) is 5.69 Å². The van der Waals surface area contributed by atoms with Crippen LogP contribution in [0.2, 0.25) is 0 Å². The number of hydrogen-bond donors (Lipinski definition) is 2. The van der Waals surface area contributed by atoms with Gasteiger partial charge in [0.05, 0.1) is 21.9 Å². The number of nitrogens with zero attached hydrogens (tertiary/aromatic N) is 2. The Balaban J connectivity index is 1.56. The summed E-state index contributed by atoms with van der Waals surface area (Å²) in [5.74, 6) is -1.08. The molecule has 8 nitrogen and oxygen atoms in total. The van der Waals surface area contributed by atoms with Crippen molar-refractivity contribution in [1.82, 2.24) is 9.71 Å².